The van der Waals surface area contributed by atoms with E-state index >= 15 is 0 Å². The van der Waals surface area contributed by atoms with Crippen molar-refractivity contribution in [3.8, 4) is 39.3 Å². The van der Waals surface area contributed by atoms with Crippen LogP contribution in [0.2, 0.25) is 0 Å². The predicted molar refractivity (Wildman–Crippen MR) is 204 cm³/mol. The van der Waals surface area contributed by atoms with Crippen molar-refractivity contribution in [1.29, 1.82) is 0 Å². The third-order valence-corrected chi connectivity index (χ3v) is 10.2. The molecule has 0 saturated carbocycles. The van der Waals surface area contributed by atoms with Crippen LogP contribution in [0, 0.1) is 5.92 Å². The lowest BCUT2D eigenvalue weighted by Gasteiger charge is -2.24. The number of allylic oxidation sites excluding steroid dienone is 1. The van der Waals surface area contributed by atoms with Crippen LogP contribution >= 0.6 is 0 Å². The fourth-order valence-corrected chi connectivity index (χ4v) is 7.66. The first kappa shape index (κ1) is 28.5. The van der Waals surface area contributed by atoms with Crippen molar-refractivity contribution in [2.24, 2.45) is 5.92 Å². The van der Waals surface area contributed by atoms with Gasteiger partial charge in [-0.25, -0.2) is 9.97 Å². The fraction of sp³-hybridized carbons (Fsp3) is 0.0667. The van der Waals surface area contributed by atoms with Crippen molar-refractivity contribution in [3.05, 3.63) is 175 Å². The zero-order chi connectivity index (χ0) is 33.2. The Kier molecular flexibility index (Phi) is 6.46. The lowest BCUT2D eigenvalue weighted by atomic mass is 9.83. The van der Waals surface area contributed by atoms with Gasteiger partial charge in [-0.3, -0.25) is 0 Å². The van der Waals surface area contributed by atoms with Gasteiger partial charge < -0.3 is 13.4 Å². The molecule has 0 saturated heterocycles. The molecule has 0 aliphatic heterocycles. The molecule has 1 atom stereocenters. The first-order chi connectivity index (χ1) is 24.7. The van der Waals surface area contributed by atoms with Crippen LogP contribution in [-0.4, -0.2) is 23.3 Å². The van der Waals surface area contributed by atoms with Crippen LogP contribution in [-0.2, 0) is 6.42 Å². The summed E-state index contributed by atoms with van der Waals surface area (Å²) in [6, 6.07) is 47.7. The third-order valence-electron chi connectivity index (χ3n) is 10.2. The van der Waals surface area contributed by atoms with Gasteiger partial charge in [0.1, 0.15) is 11.3 Å². The van der Waals surface area contributed by atoms with Gasteiger partial charge in [0.05, 0.1) is 16.9 Å². The molecule has 0 N–H and O–H groups in total. The third kappa shape index (κ3) is 4.70. The Bertz CT molecular complexity index is 2660. The highest BCUT2D eigenvalue weighted by Gasteiger charge is 2.26. The van der Waals surface area contributed by atoms with Crippen molar-refractivity contribution in [1.82, 2.24) is 23.3 Å². The lowest BCUT2D eigenvalue weighted by Crippen LogP contribution is -2.12. The summed E-state index contributed by atoms with van der Waals surface area (Å²) in [4.78, 5) is 9.66. The van der Waals surface area contributed by atoms with Crippen LogP contribution in [0.3, 0.4) is 0 Å². The topological polar surface area (TPSA) is 39.5 Å². The Morgan fingerprint density at radius 2 is 1.12 bits per heavy atom. The van der Waals surface area contributed by atoms with Crippen molar-refractivity contribution < 1.29 is 0 Å². The van der Waals surface area contributed by atoms with E-state index in [0.717, 1.165) is 40.2 Å². The summed E-state index contributed by atoms with van der Waals surface area (Å²) in [5.41, 5.74) is 16.2. The molecular formula is C45H33N5. The molecule has 9 aromatic rings. The molecule has 5 heterocycles. The van der Waals surface area contributed by atoms with Gasteiger partial charge in [-0.2, -0.15) is 0 Å². The summed E-state index contributed by atoms with van der Waals surface area (Å²) in [5.74, 6) is 0.363. The minimum Gasteiger partial charge on any atom is -0.313 e. The van der Waals surface area contributed by atoms with Crippen LogP contribution in [0.25, 0.3) is 73.2 Å². The van der Waals surface area contributed by atoms with Gasteiger partial charge in [0.15, 0.2) is 0 Å². The van der Waals surface area contributed by atoms with Gasteiger partial charge in [-0.15, -0.1) is 0 Å². The van der Waals surface area contributed by atoms with E-state index < -0.39 is 0 Å². The molecule has 0 bridgehead atoms. The Balaban J connectivity index is 1.06. The average Bonchev–Trinajstić information content (AvgIpc) is 3.89. The van der Waals surface area contributed by atoms with Gasteiger partial charge in [0, 0.05) is 58.2 Å². The van der Waals surface area contributed by atoms with Crippen LogP contribution in [0.4, 0.5) is 0 Å². The molecule has 238 valence electrons. The highest BCUT2D eigenvalue weighted by molar-refractivity contribution is 6.01. The van der Waals surface area contributed by atoms with E-state index in [4.69, 9.17) is 9.97 Å². The average molecular weight is 644 g/mol. The van der Waals surface area contributed by atoms with Crippen molar-refractivity contribution in [2.75, 3.05) is 0 Å². The minimum atomic E-state index is 0.363. The Hall–Kier alpha value is -6.46. The Morgan fingerprint density at radius 3 is 1.74 bits per heavy atom. The second-order valence-electron chi connectivity index (χ2n) is 13.3. The fourth-order valence-electron chi connectivity index (χ4n) is 7.66. The summed E-state index contributed by atoms with van der Waals surface area (Å²) >= 11 is 0. The summed E-state index contributed by atoms with van der Waals surface area (Å²) in [6.07, 6.45) is 11.7. The maximum Gasteiger partial charge on any atom is 0.137 e. The number of imidazole rings is 2. The van der Waals surface area contributed by atoms with Gasteiger partial charge >= 0.3 is 0 Å². The molecule has 0 amide bonds. The molecule has 5 nitrogen and oxygen atoms in total. The monoisotopic (exact) mass is 643 g/mol. The molecule has 0 radical (unpaired) electrons. The van der Waals surface area contributed by atoms with E-state index in [1.54, 1.807) is 0 Å². The SMILES string of the molecule is CC1Cc2c(c3cc(-c4ccc(-c5cn6ccccc6n5)cc4)ccc3n2-c2ccccc2)C=C1c1ccc(-c2cn3ccccc3n2)cc1. The molecule has 50 heavy (non-hydrogen) atoms. The highest BCUT2D eigenvalue weighted by atomic mass is 15.0. The number of pyridine rings is 2. The van der Waals surface area contributed by atoms with Crippen LogP contribution in [0.15, 0.2) is 158 Å². The molecule has 5 heteroatoms. The number of aromatic nitrogens is 5. The summed E-state index contributed by atoms with van der Waals surface area (Å²) in [6.45, 7) is 2.36. The van der Waals surface area contributed by atoms with E-state index in [-0.39, 0.29) is 0 Å². The molecular weight excluding hydrogens is 611 g/mol. The minimum absolute atomic E-state index is 0.363. The van der Waals surface area contributed by atoms with Crippen molar-refractivity contribution in [3.63, 3.8) is 0 Å². The Morgan fingerprint density at radius 1 is 0.560 bits per heavy atom. The van der Waals surface area contributed by atoms with E-state index in [1.165, 1.54) is 50.1 Å². The number of hydrogen-bond acceptors (Lipinski definition) is 2. The van der Waals surface area contributed by atoms with E-state index in [9.17, 15) is 0 Å². The molecule has 0 spiro atoms. The molecule has 10 rings (SSSR count). The van der Waals surface area contributed by atoms with Crippen LogP contribution in [0.5, 0.6) is 0 Å². The molecule has 0 fully saturated rings. The zero-order valence-corrected chi connectivity index (χ0v) is 27.6. The standard InChI is InChI=1S/C45H33N5/c1-30-25-43-39(27-37(30)32-15-19-34(20-16-32)41-29-49-24-8-6-12-45(49)47-41)38-26-35(21-22-42(38)50(43)36-9-3-2-4-10-36)31-13-17-33(18-14-31)40-28-48-23-7-5-11-44(48)46-40/h2-24,26-30H,25H2,1H3. The number of para-hydroxylation sites is 1. The maximum absolute atomic E-state index is 4.84. The molecule has 1 unspecified atom stereocenters. The second-order valence-corrected chi connectivity index (χ2v) is 13.3. The van der Waals surface area contributed by atoms with E-state index in [0.29, 0.717) is 5.92 Å². The first-order valence-electron chi connectivity index (χ1n) is 17.2. The van der Waals surface area contributed by atoms with E-state index in [1.807, 2.05) is 48.8 Å². The van der Waals surface area contributed by atoms with Gasteiger partial charge in [0.2, 0.25) is 0 Å². The molecule has 1 aliphatic rings. The second kappa shape index (κ2) is 11.3. The smallest absolute Gasteiger partial charge is 0.137 e. The molecule has 5 aromatic heterocycles. The van der Waals surface area contributed by atoms with E-state index in [2.05, 4.69) is 136 Å². The number of fused-ring (bicyclic) bond motifs is 5. The molecule has 4 aromatic carbocycles. The van der Waals surface area contributed by atoms with Crippen LogP contribution < -0.4 is 0 Å². The van der Waals surface area contributed by atoms with Crippen molar-refractivity contribution in [2.45, 2.75) is 13.3 Å². The summed E-state index contributed by atoms with van der Waals surface area (Å²) < 4.78 is 6.61. The maximum atomic E-state index is 4.84. The van der Waals surface area contributed by atoms with Gasteiger partial charge in [-0.05, 0) is 89.2 Å². The van der Waals surface area contributed by atoms with Gasteiger partial charge in [0.25, 0.3) is 0 Å². The largest absolute Gasteiger partial charge is 0.313 e. The quantitative estimate of drug-likeness (QED) is 0.187. The van der Waals surface area contributed by atoms with Crippen LogP contribution in [0.1, 0.15) is 23.7 Å². The first-order valence-corrected chi connectivity index (χ1v) is 17.2. The lowest BCUT2D eigenvalue weighted by molar-refractivity contribution is 0.708. The Labute approximate surface area is 290 Å². The number of hydrogen-bond donors (Lipinski definition) is 0. The zero-order valence-electron chi connectivity index (χ0n) is 27.6. The number of benzene rings is 4. The van der Waals surface area contributed by atoms with Crippen molar-refractivity contribution >= 4 is 33.8 Å². The molecule has 1 aliphatic carbocycles. The van der Waals surface area contributed by atoms with Gasteiger partial charge in [-0.1, -0.05) is 91.9 Å². The number of rotatable bonds is 5. The summed E-state index contributed by atoms with van der Waals surface area (Å²) in [5, 5.41) is 1.27. The normalized spacial score (nSPS) is 14.3. The number of nitrogens with zero attached hydrogens (tertiary/aromatic N) is 5. The summed E-state index contributed by atoms with van der Waals surface area (Å²) in [7, 11) is 0. The predicted octanol–water partition coefficient (Wildman–Crippen LogP) is 10.7. The highest BCUT2D eigenvalue weighted by Crippen LogP contribution is 2.42.